The maximum Gasteiger partial charge on any atom is 0.224 e. The number of nitrogens with zero attached hydrogens (tertiary/aromatic N) is 1. The van der Waals surface area contributed by atoms with Gasteiger partial charge in [-0.3, -0.25) is 9.59 Å². The smallest absolute Gasteiger partial charge is 0.224 e. The Hall–Kier alpha value is -1.06. The summed E-state index contributed by atoms with van der Waals surface area (Å²) in [6, 6.07) is 0. The Morgan fingerprint density at radius 2 is 1.94 bits per heavy atom. The first-order valence-corrected chi connectivity index (χ1v) is 6.00. The zero-order chi connectivity index (χ0) is 12.6. The van der Waals surface area contributed by atoms with E-state index in [2.05, 4.69) is 12.2 Å². The first-order chi connectivity index (χ1) is 7.49. The molecular formula is C12H24N2O2. The second-order valence-corrected chi connectivity index (χ2v) is 4.37. The standard InChI is InChI=1S/C12H24N2O2/c1-5-6-7-11(15)13-8-9-14(4)12(16)10(2)3/h10H,5-9H2,1-4H3,(H,13,15). The summed E-state index contributed by atoms with van der Waals surface area (Å²) in [4.78, 5) is 24.4. The van der Waals surface area contributed by atoms with Gasteiger partial charge in [-0.1, -0.05) is 27.2 Å². The van der Waals surface area contributed by atoms with Crippen LogP contribution in [0.4, 0.5) is 0 Å². The van der Waals surface area contributed by atoms with Crippen molar-refractivity contribution >= 4 is 11.8 Å². The molecule has 0 aromatic rings. The summed E-state index contributed by atoms with van der Waals surface area (Å²) < 4.78 is 0. The Morgan fingerprint density at radius 1 is 1.31 bits per heavy atom. The second kappa shape index (κ2) is 8.13. The van der Waals surface area contributed by atoms with E-state index >= 15 is 0 Å². The van der Waals surface area contributed by atoms with Crippen LogP contribution in [0.2, 0.25) is 0 Å². The number of nitrogens with one attached hydrogen (secondary N) is 1. The molecule has 0 aliphatic heterocycles. The number of rotatable bonds is 7. The predicted octanol–water partition coefficient (Wildman–Crippen LogP) is 1.41. The van der Waals surface area contributed by atoms with Gasteiger partial charge in [-0.05, 0) is 6.42 Å². The lowest BCUT2D eigenvalue weighted by Crippen LogP contribution is -2.37. The van der Waals surface area contributed by atoms with E-state index in [1.165, 1.54) is 0 Å². The Bertz CT molecular complexity index is 227. The molecule has 0 aromatic heterocycles. The molecule has 0 saturated carbocycles. The van der Waals surface area contributed by atoms with E-state index in [0.29, 0.717) is 19.5 Å². The molecule has 0 aliphatic rings. The van der Waals surface area contributed by atoms with E-state index in [4.69, 9.17) is 0 Å². The van der Waals surface area contributed by atoms with Crippen molar-refractivity contribution in [1.29, 1.82) is 0 Å². The van der Waals surface area contributed by atoms with Gasteiger partial charge in [0.1, 0.15) is 0 Å². The number of carbonyl (C=O) groups is 2. The van der Waals surface area contributed by atoms with E-state index in [-0.39, 0.29) is 17.7 Å². The Morgan fingerprint density at radius 3 is 2.44 bits per heavy atom. The third kappa shape index (κ3) is 6.43. The van der Waals surface area contributed by atoms with Crippen molar-refractivity contribution in [3.63, 3.8) is 0 Å². The third-order valence-electron chi connectivity index (χ3n) is 2.40. The zero-order valence-electron chi connectivity index (χ0n) is 10.9. The molecule has 0 unspecified atom stereocenters. The van der Waals surface area contributed by atoms with Crippen molar-refractivity contribution < 1.29 is 9.59 Å². The first-order valence-electron chi connectivity index (χ1n) is 6.00. The molecule has 4 nitrogen and oxygen atoms in total. The van der Waals surface area contributed by atoms with Gasteiger partial charge in [0, 0.05) is 32.5 Å². The molecule has 1 N–H and O–H groups in total. The highest BCUT2D eigenvalue weighted by Gasteiger charge is 2.12. The normalized spacial score (nSPS) is 10.3. The lowest BCUT2D eigenvalue weighted by Gasteiger charge is -2.19. The molecule has 16 heavy (non-hydrogen) atoms. The lowest BCUT2D eigenvalue weighted by atomic mass is 10.2. The summed E-state index contributed by atoms with van der Waals surface area (Å²) in [6.07, 6.45) is 2.53. The van der Waals surface area contributed by atoms with Gasteiger partial charge in [-0.15, -0.1) is 0 Å². The largest absolute Gasteiger partial charge is 0.354 e. The van der Waals surface area contributed by atoms with Gasteiger partial charge in [-0.2, -0.15) is 0 Å². The van der Waals surface area contributed by atoms with E-state index in [0.717, 1.165) is 12.8 Å². The highest BCUT2D eigenvalue weighted by atomic mass is 16.2. The molecule has 94 valence electrons. The molecule has 0 aliphatic carbocycles. The van der Waals surface area contributed by atoms with Gasteiger partial charge >= 0.3 is 0 Å². The van der Waals surface area contributed by atoms with Crippen molar-refractivity contribution in [2.24, 2.45) is 5.92 Å². The predicted molar refractivity (Wildman–Crippen MR) is 65.0 cm³/mol. The minimum Gasteiger partial charge on any atom is -0.354 e. The molecule has 0 spiro atoms. The topological polar surface area (TPSA) is 49.4 Å². The average molecular weight is 228 g/mol. The van der Waals surface area contributed by atoms with Crippen molar-refractivity contribution in [2.75, 3.05) is 20.1 Å². The van der Waals surface area contributed by atoms with E-state index < -0.39 is 0 Å². The van der Waals surface area contributed by atoms with Crippen LogP contribution >= 0.6 is 0 Å². The maximum absolute atomic E-state index is 11.5. The average Bonchev–Trinajstić information content (AvgIpc) is 2.24. The molecule has 0 aromatic carbocycles. The zero-order valence-corrected chi connectivity index (χ0v) is 10.9. The van der Waals surface area contributed by atoms with Gasteiger partial charge in [0.05, 0.1) is 0 Å². The molecular weight excluding hydrogens is 204 g/mol. The van der Waals surface area contributed by atoms with Gasteiger partial charge in [0.25, 0.3) is 0 Å². The molecule has 0 heterocycles. The number of amides is 2. The number of hydrogen-bond acceptors (Lipinski definition) is 2. The quantitative estimate of drug-likeness (QED) is 0.716. The molecule has 0 radical (unpaired) electrons. The molecule has 0 fully saturated rings. The highest BCUT2D eigenvalue weighted by Crippen LogP contribution is 1.98. The van der Waals surface area contributed by atoms with Crippen molar-refractivity contribution in [3.05, 3.63) is 0 Å². The van der Waals surface area contributed by atoms with E-state index in [1.807, 2.05) is 13.8 Å². The Labute approximate surface area is 98.4 Å². The number of likely N-dealkylation sites (N-methyl/N-ethyl adjacent to an activating group) is 1. The molecule has 0 atom stereocenters. The molecule has 0 rings (SSSR count). The van der Waals surface area contributed by atoms with Gasteiger partial charge in [0.2, 0.25) is 11.8 Å². The second-order valence-electron chi connectivity index (χ2n) is 4.37. The number of unbranched alkanes of at least 4 members (excludes halogenated alkanes) is 1. The summed E-state index contributed by atoms with van der Waals surface area (Å²) in [5, 5.41) is 2.81. The molecule has 0 saturated heterocycles. The first kappa shape index (κ1) is 14.9. The van der Waals surface area contributed by atoms with Gasteiger partial charge in [-0.25, -0.2) is 0 Å². The van der Waals surface area contributed by atoms with E-state index in [1.54, 1.807) is 11.9 Å². The number of hydrogen-bond donors (Lipinski definition) is 1. The monoisotopic (exact) mass is 228 g/mol. The van der Waals surface area contributed by atoms with E-state index in [9.17, 15) is 9.59 Å². The molecule has 0 bridgehead atoms. The fourth-order valence-electron chi connectivity index (χ4n) is 1.34. The fraction of sp³-hybridized carbons (Fsp3) is 0.833. The summed E-state index contributed by atoms with van der Waals surface area (Å²) >= 11 is 0. The van der Waals surface area contributed by atoms with Gasteiger partial charge in [0.15, 0.2) is 0 Å². The minimum atomic E-state index is 0.0146. The van der Waals surface area contributed by atoms with Crippen LogP contribution in [0.1, 0.15) is 40.0 Å². The van der Waals surface area contributed by atoms with Crippen LogP contribution in [-0.2, 0) is 9.59 Å². The fourth-order valence-corrected chi connectivity index (χ4v) is 1.34. The van der Waals surface area contributed by atoms with Crippen LogP contribution in [0.5, 0.6) is 0 Å². The highest BCUT2D eigenvalue weighted by molar-refractivity contribution is 5.78. The van der Waals surface area contributed by atoms with Crippen LogP contribution in [0.15, 0.2) is 0 Å². The van der Waals surface area contributed by atoms with Crippen LogP contribution in [0.25, 0.3) is 0 Å². The Balaban J connectivity index is 3.65. The lowest BCUT2D eigenvalue weighted by molar-refractivity contribution is -0.133. The minimum absolute atomic E-state index is 0.0146. The summed E-state index contributed by atoms with van der Waals surface area (Å²) in [7, 11) is 1.76. The third-order valence-corrected chi connectivity index (χ3v) is 2.40. The summed E-state index contributed by atoms with van der Waals surface area (Å²) in [6.45, 7) is 6.92. The van der Waals surface area contributed by atoms with Crippen LogP contribution in [0.3, 0.4) is 0 Å². The maximum atomic E-state index is 11.5. The van der Waals surface area contributed by atoms with Crippen molar-refractivity contribution in [3.8, 4) is 0 Å². The van der Waals surface area contributed by atoms with Crippen LogP contribution in [-0.4, -0.2) is 36.9 Å². The molecule has 4 heteroatoms. The SMILES string of the molecule is CCCCC(=O)NCCN(C)C(=O)C(C)C. The van der Waals surface area contributed by atoms with Crippen molar-refractivity contribution in [2.45, 2.75) is 40.0 Å². The van der Waals surface area contributed by atoms with Crippen molar-refractivity contribution in [1.82, 2.24) is 10.2 Å². The van der Waals surface area contributed by atoms with Crippen LogP contribution in [0, 0.1) is 5.92 Å². The Kier molecular flexibility index (Phi) is 7.60. The summed E-state index contributed by atoms with van der Waals surface area (Å²) in [5.74, 6) is 0.204. The molecule has 2 amide bonds. The number of carbonyl (C=O) groups excluding carboxylic acids is 2. The summed E-state index contributed by atoms with van der Waals surface area (Å²) in [5.41, 5.74) is 0. The van der Waals surface area contributed by atoms with Gasteiger partial charge < -0.3 is 10.2 Å². The van der Waals surface area contributed by atoms with Crippen LogP contribution < -0.4 is 5.32 Å².